The van der Waals surface area contributed by atoms with Crippen LogP contribution in [0.2, 0.25) is 0 Å². The molecule has 2 aromatic rings. The second kappa shape index (κ2) is 20.4. The van der Waals surface area contributed by atoms with Gasteiger partial charge >= 0.3 is 0 Å². The summed E-state index contributed by atoms with van der Waals surface area (Å²) in [7, 11) is -1.52. The summed E-state index contributed by atoms with van der Waals surface area (Å²) in [5.41, 5.74) is -2.17. The Bertz CT molecular complexity index is 1470. The summed E-state index contributed by atoms with van der Waals surface area (Å²) in [5, 5.41) is 19.8. The standard InChI is InChI=1S/C33H50N4O10S2/c1-7-8-9-10-11-15-18-49(43,44)47-29(24-16-13-12-14-17-24)33(4,42)28(38)22(2)35-30(39)25(20-45-5)36-31(40)26(21-46-6)37-32(41)27-19-34-23(3)48-27/h12-14,16-17,19,22,25-26,29,42H,7-11,15,18,20-21H2,1-6H3,(H,35,39)(H,36,40)(H,37,41)/t22-,25-,26-,29?,33-/m0/s1. The number of nitrogens with one attached hydrogen (secondary N) is 3. The fraction of sp³-hybridized carbons (Fsp3) is 0.606. The summed E-state index contributed by atoms with van der Waals surface area (Å²) in [6.07, 6.45) is 4.85. The molecular weight excluding hydrogens is 677 g/mol. The third kappa shape index (κ3) is 13.5. The molecule has 0 radical (unpaired) electrons. The number of unbranched alkanes of at least 4 members (excludes halogenated alkanes) is 5. The predicted molar refractivity (Wildman–Crippen MR) is 184 cm³/mol. The number of Topliss-reactive ketones (excluding diaryl/α,β-unsaturated/α-hetero) is 1. The monoisotopic (exact) mass is 726 g/mol. The maximum absolute atomic E-state index is 13.7. The van der Waals surface area contributed by atoms with Gasteiger partial charge in [0.25, 0.3) is 16.0 Å². The zero-order valence-corrected chi connectivity index (χ0v) is 30.7. The lowest BCUT2D eigenvalue weighted by Gasteiger charge is -2.33. The van der Waals surface area contributed by atoms with Gasteiger partial charge in [0.05, 0.1) is 36.2 Å². The molecule has 2 rings (SSSR count). The number of methoxy groups -OCH3 is 2. The normalized spacial score (nSPS) is 15.3. The third-order valence-electron chi connectivity index (χ3n) is 7.62. The van der Waals surface area contributed by atoms with Crippen molar-refractivity contribution < 1.29 is 46.4 Å². The molecule has 0 aliphatic carbocycles. The van der Waals surface area contributed by atoms with Gasteiger partial charge in [0.1, 0.15) is 23.1 Å². The molecule has 0 fully saturated rings. The highest BCUT2D eigenvalue weighted by Gasteiger charge is 2.46. The summed E-state index contributed by atoms with van der Waals surface area (Å²) >= 11 is 1.14. The van der Waals surface area contributed by atoms with E-state index in [0.29, 0.717) is 17.8 Å². The van der Waals surface area contributed by atoms with Crippen molar-refractivity contribution in [1.29, 1.82) is 0 Å². The maximum Gasteiger partial charge on any atom is 0.268 e. The van der Waals surface area contributed by atoms with Crippen molar-refractivity contribution in [3.8, 4) is 0 Å². The first-order valence-corrected chi connectivity index (χ1v) is 18.6. The fourth-order valence-corrected chi connectivity index (χ4v) is 6.90. The van der Waals surface area contributed by atoms with E-state index in [2.05, 4.69) is 27.9 Å². The first-order chi connectivity index (χ1) is 23.2. The lowest BCUT2D eigenvalue weighted by atomic mass is 9.86. The first kappa shape index (κ1) is 41.9. The first-order valence-electron chi connectivity index (χ1n) is 16.2. The quantitative estimate of drug-likeness (QED) is 0.0970. The summed E-state index contributed by atoms with van der Waals surface area (Å²) < 4.78 is 41.8. The minimum Gasteiger partial charge on any atom is -0.382 e. The number of carbonyl (C=O) groups is 4. The number of ether oxygens (including phenoxy) is 2. The number of rotatable bonds is 23. The van der Waals surface area contributed by atoms with E-state index in [1.54, 1.807) is 25.1 Å². The Morgan fingerprint density at radius 2 is 1.49 bits per heavy atom. The van der Waals surface area contributed by atoms with Gasteiger partial charge in [0.15, 0.2) is 11.4 Å². The number of hydrogen-bond donors (Lipinski definition) is 4. The van der Waals surface area contributed by atoms with Gasteiger partial charge in [0, 0.05) is 14.2 Å². The van der Waals surface area contributed by atoms with Crippen LogP contribution in [0.3, 0.4) is 0 Å². The Morgan fingerprint density at radius 1 is 0.918 bits per heavy atom. The second-order valence-corrected chi connectivity index (χ2v) is 14.9. The second-order valence-electron chi connectivity index (χ2n) is 11.9. The number of aryl methyl sites for hydroxylation is 1. The van der Waals surface area contributed by atoms with Gasteiger partial charge in [-0.3, -0.25) is 23.4 Å². The number of amides is 3. The number of nitrogens with zero attached hydrogens (tertiary/aromatic N) is 1. The molecule has 0 saturated heterocycles. The molecule has 0 spiro atoms. The Balaban J connectivity index is 2.17. The molecule has 3 amide bonds. The van der Waals surface area contributed by atoms with Crippen molar-refractivity contribution in [2.24, 2.45) is 0 Å². The molecule has 0 bridgehead atoms. The third-order valence-corrected chi connectivity index (χ3v) is 9.81. The lowest BCUT2D eigenvalue weighted by Crippen LogP contribution is -2.59. The highest BCUT2D eigenvalue weighted by molar-refractivity contribution is 7.86. The largest absolute Gasteiger partial charge is 0.382 e. The van der Waals surface area contributed by atoms with Crippen LogP contribution in [-0.2, 0) is 38.2 Å². The molecule has 1 heterocycles. The maximum atomic E-state index is 13.7. The van der Waals surface area contributed by atoms with E-state index in [1.807, 2.05) is 0 Å². The van der Waals surface area contributed by atoms with Crippen molar-refractivity contribution in [2.45, 2.75) is 96.1 Å². The molecule has 0 aliphatic heterocycles. The predicted octanol–water partition coefficient (Wildman–Crippen LogP) is 2.60. The zero-order valence-electron chi connectivity index (χ0n) is 29.0. The number of hydrogen-bond acceptors (Lipinski definition) is 12. The number of ketones is 1. The van der Waals surface area contributed by atoms with Crippen LogP contribution < -0.4 is 16.0 Å². The van der Waals surface area contributed by atoms with Crippen LogP contribution in [0, 0.1) is 6.92 Å². The van der Waals surface area contributed by atoms with Gasteiger partial charge in [-0.25, -0.2) is 4.98 Å². The average molecular weight is 727 g/mol. The summed E-state index contributed by atoms with van der Waals surface area (Å²) in [5.74, 6) is -3.36. The smallest absolute Gasteiger partial charge is 0.268 e. The van der Waals surface area contributed by atoms with Crippen molar-refractivity contribution in [1.82, 2.24) is 20.9 Å². The van der Waals surface area contributed by atoms with E-state index < -0.39 is 63.5 Å². The number of benzene rings is 1. The van der Waals surface area contributed by atoms with Gasteiger partial charge in [-0.1, -0.05) is 69.4 Å². The van der Waals surface area contributed by atoms with Crippen LogP contribution in [0.4, 0.5) is 0 Å². The van der Waals surface area contributed by atoms with Crippen LogP contribution in [0.1, 0.15) is 85.6 Å². The molecular formula is C33H50N4O10S2. The fourth-order valence-electron chi connectivity index (χ4n) is 4.97. The van der Waals surface area contributed by atoms with Gasteiger partial charge < -0.3 is 30.5 Å². The molecule has 4 N–H and O–H groups in total. The van der Waals surface area contributed by atoms with E-state index >= 15 is 0 Å². The van der Waals surface area contributed by atoms with Crippen LogP contribution in [0.5, 0.6) is 0 Å². The average Bonchev–Trinajstić information content (AvgIpc) is 3.51. The van der Waals surface area contributed by atoms with Crippen molar-refractivity contribution in [3.63, 3.8) is 0 Å². The molecule has 1 aromatic carbocycles. The van der Waals surface area contributed by atoms with Crippen LogP contribution >= 0.6 is 11.3 Å². The van der Waals surface area contributed by atoms with Gasteiger partial charge in [0.2, 0.25) is 11.8 Å². The van der Waals surface area contributed by atoms with Gasteiger partial charge in [-0.15, -0.1) is 11.3 Å². The molecule has 1 unspecified atom stereocenters. The molecule has 1 aromatic heterocycles. The molecule has 16 heteroatoms. The van der Waals surface area contributed by atoms with Crippen molar-refractivity contribution in [2.75, 3.05) is 33.2 Å². The number of aromatic nitrogens is 1. The Morgan fingerprint density at radius 3 is 2.06 bits per heavy atom. The number of thiazole rings is 1. The van der Waals surface area contributed by atoms with E-state index in [4.69, 9.17) is 13.7 Å². The molecule has 0 aliphatic rings. The van der Waals surface area contributed by atoms with E-state index in [0.717, 1.165) is 43.9 Å². The van der Waals surface area contributed by atoms with E-state index in [1.165, 1.54) is 39.5 Å². The van der Waals surface area contributed by atoms with Gasteiger partial charge in [-0.05, 0) is 32.8 Å². The highest BCUT2D eigenvalue weighted by atomic mass is 32.2. The Hall–Kier alpha value is -3.28. The van der Waals surface area contributed by atoms with E-state index in [9.17, 15) is 32.7 Å². The molecule has 274 valence electrons. The number of aliphatic hydroxyl groups is 1. The molecule has 5 atom stereocenters. The SMILES string of the molecule is CCCCCCCCS(=O)(=O)OC(c1ccccc1)[C@@](C)(O)C(=O)[C@H](C)NC(=O)[C@H](COC)NC(=O)[C@H](COC)NC(=O)c1cnc(C)s1. The number of carbonyl (C=O) groups excluding carboxylic acids is 4. The zero-order chi connectivity index (χ0) is 36.6. The topological polar surface area (TPSA) is 199 Å². The minimum atomic E-state index is -4.17. The molecule has 0 saturated carbocycles. The lowest BCUT2D eigenvalue weighted by molar-refractivity contribution is -0.149. The minimum absolute atomic E-state index is 0.211. The van der Waals surface area contributed by atoms with Crippen LogP contribution in [0.25, 0.3) is 0 Å². The van der Waals surface area contributed by atoms with Crippen molar-refractivity contribution in [3.05, 3.63) is 52.0 Å². The highest BCUT2D eigenvalue weighted by Crippen LogP contribution is 2.33. The summed E-state index contributed by atoms with van der Waals surface area (Å²) in [4.78, 5) is 57.2. The van der Waals surface area contributed by atoms with Crippen LogP contribution in [0.15, 0.2) is 36.5 Å². The molecule has 14 nitrogen and oxygen atoms in total. The van der Waals surface area contributed by atoms with Crippen LogP contribution in [-0.4, -0.2) is 98.9 Å². The Kier molecular flexibility index (Phi) is 17.4. The van der Waals surface area contributed by atoms with Gasteiger partial charge in [-0.2, -0.15) is 8.42 Å². The van der Waals surface area contributed by atoms with Crippen molar-refractivity contribution >= 4 is 45.0 Å². The van der Waals surface area contributed by atoms with E-state index in [-0.39, 0.29) is 29.4 Å². The summed E-state index contributed by atoms with van der Waals surface area (Å²) in [6, 6.07) is 4.13. The molecule has 49 heavy (non-hydrogen) atoms. The Labute approximate surface area is 292 Å². The summed E-state index contributed by atoms with van der Waals surface area (Å²) in [6.45, 7) is 5.76.